The van der Waals surface area contributed by atoms with Gasteiger partial charge in [0.25, 0.3) is 0 Å². The third-order valence-corrected chi connectivity index (χ3v) is 2.84. The second-order valence-electron chi connectivity index (χ2n) is 4.52. The molecule has 1 rings (SSSR count). The number of ether oxygens (including phenoxy) is 1. The van der Waals surface area contributed by atoms with E-state index in [0.29, 0.717) is 23.3 Å². The van der Waals surface area contributed by atoms with Crippen molar-refractivity contribution in [3.8, 4) is 5.88 Å². The van der Waals surface area contributed by atoms with Crippen LogP contribution < -0.4 is 10.5 Å². The van der Waals surface area contributed by atoms with E-state index in [9.17, 15) is 0 Å². The Balaban J connectivity index is 2.71. The van der Waals surface area contributed by atoms with Gasteiger partial charge in [-0.2, -0.15) is 4.98 Å². The van der Waals surface area contributed by atoms with Crippen LogP contribution in [0.5, 0.6) is 5.88 Å². The van der Waals surface area contributed by atoms with Crippen LogP contribution in [-0.2, 0) is 0 Å². The van der Waals surface area contributed by atoms with Crippen molar-refractivity contribution >= 4 is 17.3 Å². The number of hydrogen-bond donors (Lipinski definition) is 1. The third-order valence-electron chi connectivity index (χ3n) is 2.63. The molecule has 0 saturated heterocycles. The number of halogens is 1. The van der Waals surface area contributed by atoms with Crippen LogP contribution in [0.4, 0.5) is 5.69 Å². The zero-order valence-electron chi connectivity index (χ0n) is 10.1. The highest BCUT2D eigenvalue weighted by atomic mass is 35.5. The zero-order valence-corrected chi connectivity index (χ0v) is 10.9. The van der Waals surface area contributed by atoms with Crippen molar-refractivity contribution < 1.29 is 4.74 Å². The molecule has 0 atom stereocenters. The first-order chi connectivity index (χ1) is 7.33. The Bertz CT molecular complexity index is 366. The summed E-state index contributed by atoms with van der Waals surface area (Å²) < 4.78 is 5.58. The van der Waals surface area contributed by atoms with Gasteiger partial charge in [0.1, 0.15) is 11.8 Å². The molecule has 0 radical (unpaired) electrons. The number of hydrogen-bond acceptors (Lipinski definition) is 4. The van der Waals surface area contributed by atoms with Gasteiger partial charge >= 0.3 is 0 Å². The minimum absolute atomic E-state index is 0.0869. The molecule has 0 unspecified atom stereocenters. The maximum Gasteiger partial charge on any atom is 0.238 e. The van der Waals surface area contributed by atoms with Crippen molar-refractivity contribution in [2.45, 2.75) is 19.4 Å². The molecule has 0 aliphatic heterocycles. The number of nitrogens with zero attached hydrogens (tertiary/aromatic N) is 2. The first-order valence-corrected chi connectivity index (χ1v) is 5.43. The number of rotatable bonds is 4. The summed E-state index contributed by atoms with van der Waals surface area (Å²) in [6.45, 7) is 4.65. The fourth-order valence-electron chi connectivity index (χ4n) is 0.918. The molecule has 0 aliphatic carbocycles. The third kappa shape index (κ3) is 3.25. The van der Waals surface area contributed by atoms with Crippen LogP contribution in [0.3, 0.4) is 0 Å². The van der Waals surface area contributed by atoms with E-state index in [2.05, 4.69) is 23.7 Å². The summed E-state index contributed by atoms with van der Waals surface area (Å²) in [4.78, 5) is 6.11. The summed E-state index contributed by atoms with van der Waals surface area (Å²) in [5, 5.41) is 0.381. The smallest absolute Gasteiger partial charge is 0.238 e. The number of anilines is 1. The van der Waals surface area contributed by atoms with Gasteiger partial charge in [-0.1, -0.05) is 11.6 Å². The molecule has 0 fully saturated rings. The SMILES string of the molecule is CN(C)C(C)(C)COc1nc(Cl)ccc1N. The van der Waals surface area contributed by atoms with Gasteiger partial charge in [0.15, 0.2) is 0 Å². The van der Waals surface area contributed by atoms with Gasteiger partial charge in [0, 0.05) is 5.54 Å². The van der Waals surface area contributed by atoms with Crippen molar-refractivity contribution in [1.82, 2.24) is 9.88 Å². The highest BCUT2D eigenvalue weighted by molar-refractivity contribution is 6.29. The molecule has 5 heteroatoms. The number of nitrogens with two attached hydrogens (primary N) is 1. The Morgan fingerprint density at radius 1 is 1.44 bits per heavy atom. The molecular formula is C11H18ClN3O. The lowest BCUT2D eigenvalue weighted by molar-refractivity contribution is 0.111. The Hall–Kier alpha value is -1.00. The topological polar surface area (TPSA) is 51.4 Å². The van der Waals surface area contributed by atoms with Crippen molar-refractivity contribution in [2.75, 3.05) is 26.4 Å². The second-order valence-corrected chi connectivity index (χ2v) is 4.91. The van der Waals surface area contributed by atoms with Gasteiger partial charge in [-0.25, -0.2) is 0 Å². The average molecular weight is 244 g/mol. The summed E-state index contributed by atoms with van der Waals surface area (Å²) in [7, 11) is 4.00. The van der Waals surface area contributed by atoms with Crippen LogP contribution in [0.1, 0.15) is 13.8 Å². The molecule has 0 saturated carbocycles. The van der Waals surface area contributed by atoms with Gasteiger partial charge in [0.05, 0.1) is 5.69 Å². The van der Waals surface area contributed by atoms with Gasteiger partial charge in [-0.15, -0.1) is 0 Å². The highest BCUT2D eigenvalue weighted by Gasteiger charge is 2.22. The highest BCUT2D eigenvalue weighted by Crippen LogP contribution is 2.22. The van der Waals surface area contributed by atoms with Crippen molar-refractivity contribution in [3.05, 3.63) is 17.3 Å². The first kappa shape index (κ1) is 13.1. The molecule has 0 aromatic carbocycles. The molecule has 0 bridgehead atoms. The molecular weight excluding hydrogens is 226 g/mol. The predicted molar refractivity (Wildman–Crippen MR) is 66.9 cm³/mol. The zero-order chi connectivity index (χ0) is 12.3. The Morgan fingerprint density at radius 2 is 2.06 bits per heavy atom. The molecule has 1 heterocycles. The molecule has 90 valence electrons. The van der Waals surface area contributed by atoms with E-state index in [1.807, 2.05) is 14.1 Å². The number of likely N-dealkylation sites (N-methyl/N-ethyl adjacent to an activating group) is 1. The Kier molecular flexibility index (Phi) is 3.99. The second kappa shape index (κ2) is 4.89. The van der Waals surface area contributed by atoms with E-state index in [1.165, 1.54) is 0 Å². The average Bonchev–Trinajstić information content (AvgIpc) is 2.19. The van der Waals surface area contributed by atoms with E-state index in [1.54, 1.807) is 12.1 Å². The molecule has 0 spiro atoms. The molecule has 1 aromatic rings. The fraction of sp³-hybridized carbons (Fsp3) is 0.545. The van der Waals surface area contributed by atoms with E-state index in [4.69, 9.17) is 22.1 Å². The summed E-state index contributed by atoms with van der Waals surface area (Å²) in [5.41, 5.74) is 6.15. The summed E-state index contributed by atoms with van der Waals surface area (Å²) in [5.74, 6) is 0.391. The van der Waals surface area contributed by atoms with Crippen LogP contribution in [-0.4, -0.2) is 36.1 Å². The van der Waals surface area contributed by atoms with E-state index in [0.717, 1.165) is 0 Å². The monoisotopic (exact) mass is 243 g/mol. The molecule has 1 aromatic heterocycles. The molecule has 16 heavy (non-hydrogen) atoms. The van der Waals surface area contributed by atoms with Gasteiger partial charge in [-0.3, -0.25) is 0 Å². The van der Waals surface area contributed by atoms with E-state index in [-0.39, 0.29) is 5.54 Å². The van der Waals surface area contributed by atoms with Crippen LogP contribution in [0, 0.1) is 0 Å². The lowest BCUT2D eigenvalue weighted by Crippen LogP contribution is -2.43. The minimum Gasteiger partial charge on any atom is -0.474 e. The van der Waals surface area contributed by atoms with Crippen LogP contribution >= 0.6 is 11.6 Å². The van der Waals surface area contributed by atoms with Crippen LogP contribution in [0.25, 0.3) is 0 Å². The van der Waals surface area contributed by atoms with E-state index >= 15 is 0 Å². The van der Waals surface area contributed by atoms with Crippen molar-refractivity contribution in [3.63, 3.8) is 0 Å². The standard InChI is InChI=1S/C11H18ClN3O/c1-11(2,15(3)4)7-16-10-8(13)5-6-9(12)14-10/h5-6H,7,13H2,1-4H3. The molecule has 2 N–H and O–H groups in total. The lowest BCUT2D eigenvalue weighted by Gasteiger charge is -2.32. The number of aromatic nitrogens is 1. The van der Waals surface area contributed by atoms with E-state index < -0.39 is 0 Å². The fourth-order valence-corrected chi connectivity index (χ4v) is 1.06. The Morgan fingerprint density at radius 3 is 2.62 bits per heavy atom. The number of pyridine rings is 1. The van der Waals surface area contributed by atoms with Gasteiger partial charge in [-0.05, 0) is 40.1 Å². The quantitative estimate of drug-likeness (QED) is 0.823. The van der Waals surface area contributed by atoms with Gasteiger partial charge in [0.2, 0.25) is 5.88 Å². The summed E-state index contributed by atoms with van der Waals surface area (Å²) in [6, 6.07) is 3.33. The van der Waals surface area contributed by atoms with Crippen LogP contribution in [0.2, 0.25) is 5.15 Å². The molecule has 0 aliphatic rings. The maximum atomic E-state index is 5.77. The maximum absolute atomic E-state index is 5.77. The lowest BCUT2D eigenvalue weighted by atomic mass is 10.1. The first-order valence-electron chi connectivity index (χ1n) is 5.05. The predicted octanol–water partition coefficient (Wildman–Crippen LogP) is 2.04. The van der Waals surface area contributed by atoms with Crippen molar-refractivity contribution in [2.24, 2.45) is 0 Å². The van der Waals surface area contributed by atoms with Crippen LogP contribution in [0.15, 0.2) is 12.1 Å². The number of nitrogen functional groups attached to an aromatic ring is 1. The molecule has 4 nitrogen and oxygen atoms in total. The summed E-state index contributed by atoms with van der Waals surface area (Å²) in [6.07, 6.45) is 0. The largest absolute Gasteiger partial charge is 0.474 e. The van der Waals surface area contributed by atoms with Gasteiger partial charge < -0.3 is 15.4 Å². The normalized spacial score (nSPS) is 11.9. The molecule has 0 amide bonds. The minimum atomic E-state index is -0.0869. The Labute approximate surface area is 101 Å². The van der Waals surface area contributed by atoms with Crippen molar-refractivity contribution in [1.29, 1.82) is 0 Å². The summed E-state index contributed by atoms with van der Waals surface area (Å²) >= 11 is 5.77.